The molecule has 5 rings (SSSR count). The fraction of sp³-hybridized carbons (Fsp3) is 0.682. The van der Waals surface area contributed by atoms with Gasteiger partial charge in [-0.3, -0.25) is 0 Å². The number of ether oxygens (including phenoxy) is 1. The van der Waals surface area contributed by atoms with Crippen LogP contribution < -0.4 is 5.73 Å². The summed E-state index contributed by atoms with van der Waals surface area (Å²) in [7, 11) is 0. The van der Waals surface area contributed by atoms with Crippen LogP contribution in [0, 0.1) is 29.1 Å². The Morgan fingerprint density at radius 3 is 2.85 bits per heavy atom. The summed E-state index contributed by atoms with van der Waals surface area (Å²) in [5.74, 6) is 2.20. The van der Waals surface area contributed by atoms with Crippen molar-refractivity contribution >= 4 is 5.97 Å². The second-order valence-electron chi connectivity index (χ2n) is 9.36. The van der Waals surface area contributed by atoms with Crippen molar-refractivity contribution < 1.29 is 14.6 Å². The van der Waals surface area contributed by atoms with Crippen LogP contribution in [-0.4, -0.2) is 23.3 Å². The number of fused-ring (bicyclic) bond motifs is 6. The van der Waals surface area contributed by atoms with E-state index in [9.17, 15) is 9.90 Å². The summed E-state index contributed by atoms with van der Waals surface area (Å²) in [6, 6.07) is 0. The Morgan fingerprint density at radius 2 is 2.12 bits per heavy atom. The zero-order chi connectivity index (χ0) is 18.1. The highest BCUT2D eigenvalue weighted by Crippen LogP contribution is 2.66. The lowest BCUT2D eigenvalue weighted by atomic mass is 9.50. The molecule has 140 valence electrons. The summed E-state index contributed by atoms with van der Waals surface area (Å²) in [5, 5.41) is 10.0. The maximum atomic E-state index is 11.9. The van der Waals surface area contributed by atoms with Gasteiger partial charge in [0.05, 0.1) is 6.61 Å². The Labute approximate surface area is 155 Å². The van der Waals surface area contributed by atoms with Crippen LogP contribution in [0.1, 0.15) is 51.9 Å². The fourth-order valence-electron chi connectivity index (χ4n) is 7.26. The van der Waals surface area contributed by atoms with Gasteiger partial charge in [0.2, 0.25) is 0 Å². The minimum absolute atomic E-state index is 0.0262. The number of carbonyl (C=O) groups excluding carboxylic acids is 1. The van der Waals surface area contributed by atoms with Crippen LogP contribution in [0.5, 0.6) is 0 Å². The Bertz CT molecular complexity index is 750. The molecular formula is C22H29NO3. The quantitative estimate of drug-likeness (QED) is 0.709. The first-order chi connectivity index (χ1) is 12.5. The van der Waals surface area contributed by atoms with Gasteiger partial charge >= 0.3 is 5.97 Å². The van der Waals surface area contributed by atoms with E-state index in [4.69, 9.17) is 10.5 Å². The lowest BCUT2D eigenvalue weighted by Crippen LogP contribution is -2.52. The number of nitrogens with two attached hydrogens (primary N) is 1. The maximum absolute atomic E-state index is 11.9. The lowest BCUT2D eigenvalue weighted by Gasteiger charge is -2.55. The molecule has 0 saturated heterocycles. The summed E-state index contributed by atoms with van der Waals surface area (Å²) in [5.41, 5.74) is 9.25. The number of esters is 1. The molecule has 2 saturated carbocycles. The van der Waals surface area contributed by atoms with Gasteiger partial charge < -0.3 is 15.6 Å². The van der Waals surface area contributed by atoms with E-state index in [0.717, 1.165) is 44.2 Å². The van der Waals surface area contributed by atoms with Gasteiger partial charge in [0.25, 0.3) is 0 Å². The third-order valence-electron chi connectivity index (χ3n) is 8.53. The first kappa shape index (κ1) is 16.6. The van der Waals surface area contributed by atoms with Gasteiger partial charge in [-0.1, -0.05) is 6.92 Å². The number of aliphatic hydroxyl groups is 1. The van der Waals surface area contributed by atoms with E-state index >= 15 is 0 Å². The highest BCUT2D eigenvalue weighted by atomic mass is 16.6. The van der Waals surface area contributed by atoms with E-state index < -0.39 is 0 Å². The van der Waals surface area contributed by atoms with Gasteiger partial charge in [-0.15, -0.1) is 0 Å². The van der Waals surface area contributed by atoms with E-state index in [1.54, 1.807) is 6.08 Å². The standard InChI is InChI=1S/C22H29NO3/c1-21-7-4-16-15-3-2-14(23)11-17(15)13(12-24)10-18(16)19(21)5-8-22(21)9-6-20(25)26-22/h6,9,11,15-16,18-19,24H,2-5,7-8,10,12,23H2,1H3/t15-,16?,18?,19?,21+,22-/m1/s1. The smallest absolute Gasteiger partial charge is 0.331 e. The van der Waals surface area contributed by atoms with Crippen LogP contribution in [-0.2, 0) is 9.53 Å². The van der Waals surface area contributed by atoms with Gasteiger partial charge in [-0.2, -0.15) is 0 Å². The molecule has 0 radical (unpaired) electrons. The molecule has 1 spiro atoms. The topological polar surface area (TPSA) is 72.5 Å². The van der Waals surface area contributed by atoms with Crippen LogP contribution in [0.15, 0.2) is 35.1 Å². The zero-order valence-electron chi connectivity index (χ0n) is 15.5. The molecular weight excluding hydrogens is 326 g/mol. The Balaban J connectivity index is 1.53. The van der Waals surface area contributed by atoms with Crippen molar-refractivity contribution in [1.82, 2.24) is 0 Å². The average molecular weight is 355 g/mol. The van der Waals surface area contributed by atoms with Crippen molar-refractivity contribution in [2.24, 2.45) is 34.8 Å². The van der Waals surface area contributed by atoms with Crippen LogP contribution >= 0.6 is 0 Å². The Hall–Kier alpha value is -1.55. The minimum Gasteiger partial charge on any atom is -0.451 e. The van der Waals surface area contributed by atoms with Gasteiger partial charge in [0, 0.05) is 17.2 Å². The van der Waals surface area contributed by atoms with Crippen molar-refractivity contribution in [1.29, 1.82) is 0 Å². The number of carbonyl (C=O) groups is 1. The van der Waals surface area contributed by atoms with Gasteiger partial charge in [0.15, 0.2) is 0 Å². The van der Waals surface area contributed by atoms with E-state index in [1.807, 2.05) is 0 Å². The third kappa shape index (κ3) is 2.02. The number of hydrogen-bond donors (Lipinski definition) is 2. The minimum atomic E-state index is -0.389. The van der Waals surface area contributed by atoms with Crippen molar-refractivity contribution in [2.75, 3.05) is 6.61 Å². The second kappa shape index (κ2) is 5.48. The molecule has 0 aromatic heterocycles. The molecule has 1 heterocycles. The molecule has 5 aliphatic rings. The molecule has 2 fully saturated rings. The maximum Gasteiger partial charge on any atom is 0.331 e. The van der Waals surface area contributed by atoms with E-state index in [2.05, 4.69) is 19.1 Å². The average Bonchev–Trinajstić information content (AvgIpc) is 3.15. The molecule has 1 aliphatic heterocycles. The van der Waals surface area contributed by atoms with Crippen molar-refractivity contribution in [3.05, 3.63) is 35.1 Å². The first-order valence-corrected chi connectivity index (χ1v) is 10.2. The van der Waals surface area contributed by atoms with Gasteiger partial charge in [0.1, 0.15) is 5.60 Å². The summed E-state index contributed by atoms with van der Waals surface area (Å²) >= 11 is 0. The highest BCUT2D eigenvalue weighted by molar-refractivity contribution is 5.85. The van der Waals surface area contributed by atoms with Crippen molar-refractivity contribution in [3.63, 3.8) is 0 Å². The molecule has 3 N–H and O–H groups in total. The molecule has 0 aromatic carbocycles. The molecule has 4 heteroatoms. The van der Waals surface area contributed by atoms with Gasteiger partial charge in [-0.05, 0) is 91.9 Å². The predicted molar refractivity (Wildman–Crippen MR) is 98.7 cm³/mol. The summed E-state index contributed by atoms with van der Waals surface area (Å²) < 4.78 is 5.90. The zero-order valence-corrected chi connectivity index (χ0v) is 15.5. The summed E-state index contributed by atoms with van der Waals surface area (Å²) in [6.07, 6.45) is 13.3. The fourth-order valence-corrected chi connectivity index (χ4v) is 7.26. The first-order valence-electron chi connectivity index (χ1n) is 10.2. The predicted octanol–water partition coefficient (Wildman–Crippen LogP) is 3.23. The van der Waals surface area contributed by atoms with Crippen LogP contribution in [0.3, 0.4) is 0 Å². The largest absolute Gasteiger partial charge is 0.451 e. The molecule has 4 aliphatic carbocycles. The summed E-state index contributed by atoms with van der Waals surface area (Å²) in [6.45, 7) is 2.49. The molecule has 6 atom stereocenters. The molecule has 0 bridgehead atoms. The van der Waals surface area contributed by atoms with Crippen molar-refractivity contribution in [3.8, 4) is 0 Å². The summed E-state index contributed by atoms with van der Waals surface area (Å²) in [4.78, 5) is 11.9. The van der Waals surface area contributed by atoms with E-state index in [0.29, 0.717) is 23.7 Å². The van der Waals surface area contributed by atoms with Crippen molar-refractivity contribution in [2.45, 2.75) is 57.5 Å². The molecule has 0 aromatic rings. The lowest BCUT2D eigenvalue weighted by molar-refractivity contribution is -0.160. The van der Waals surface area contributed by atoms with E-state index in [1.165, 1.54) is 17.6 Å². The van der Waals surface area contributed by atoms with Crippen LogP contribution in [0.4, 0.5) is 0 Å². The monoisotopic (exact) mass is 355 g/mol. The second-order valence-corrected chi connectivity index (χ2v) is 9.36. The molecule has 3 unspecified atom stereocenters. The number of hydrogen-bond acceptors (Lipinski definition) is 4. The highest BCUT2D eigenvalue weighted by Gasteiger charge is 2.64. The van der Waals surface area contributed by atoms with Crippen LogP contribution in [0.2, 0.25) is 0 Å². The molecule has 4 nitrogen and oxygen atoms in total. The van der Waals surface area contributed by atoms with Crippen LogP contribution in [0.25, 0.3) is 0 Å². The Morgan fingerprint density at radius 1 is 1.27 bits per heavy atom. The number of rotatable bonds is 1. The third-order valence-corrected chi connectivity index (χ3v) is 8.53. The molecule has 0 amide bonds. The van der Waals surface area contributed by atoms with E-state index in [-0.39, 0.29) is 23.6 Å². The number of allylic oxidation sites excluding steroid dienone is 3. The SMILES string of the molecule is C[C@]12CCC3C(CC(CO)=C4C=C(N)CC[C@@H]43)C1CC[C@@]21C=CC(=O)O1. The van der Waals surface area contributed by atoms with Gasteiger partial charge in [-0.25, -0.2) is 4.79 Å². The molecule has 26 heavy (non-hydrogen) atoms. The normalized spacial score (nSPS) is 46.7. The number of aliphatic hydroxyl groups excluding tert-OH is 1. The Kier molecular flexibility index (Phi) is 3.50.